The van der Waals surface area contributed by atoms with E-state index in [0.717, 1.165) is 6.07 Å². The number of carbonyl (C=O) groups excluding carboxylic acids is 1. The van der Waals surface area contributed by atoms with Crippen molar-refractivity contribution in [2.45, 2.75) is 19.2 Å². The van der Waals surface area contributed by atoms with Crippen molar-refractivity contribution in [3.05, 3.63) is 22.7 Å². The first-order chi connectivity index (χ1) is 9.31. The van der Waals surface area contributed by atoms with Gasteiger partial charge in [-0.1, -0.05) is 0 Å². The van der Waals surface area contributed by atoms with Crippen molar-refractivity contribution in [2.24, 2.45) is 0 Å². The molecule has 0 aromatic heterocycles. The Labute approximate surface area is 122 Å². The van der Waals surface area contributed by atoms with E-state index in [1.54, 1.807) is 7.05 Å². The van der Waals surface area contributed by atoms with Gasteiger partial charge in [-0.05, 0) is 40.5 Å². The molecule has 1 aromatic carbocycles. The van der Waals surface area contributed by atoms with Gasteiger partial charge < -0.3 is 14.8 Å². The van der Waals surface area contributed by atoms with Gasteiger partial charge in [0.05, 0.1) is 11.1 Å². The van der Waals surface area contributed by atoms with Crippen molar-refractivity contribution >= 4 is 21.8 Å². The Morgan fingerprint density at radius 2 is 2.10 bits per heavy atom. The van der Waals surface area contributed by atoms with Crippen molar-refractivity contribution in [2.75, 3.05) is 13.7 Å². The summed E-state index contributed by atoms with van der Waals surface area (Å²) in [6.45, 7) is 0.291. The van der Waals surface area contributed by atoms with E-state index in [1.165, 1.54) is 12.1 Å². The van der Waals surface area contributed by atoms with Crippen molar-refractivity contribution in [1.82, 2.24) is 5.32 Å². The van der Waals surface area contributed by atoms with Crippen molar-refractivity contribution in [3.8, 4) is 11.5 Å². The molecule has 0 saturated heterocycles. The second-order valence-corrected chi connectivity index (χ2v) is 4.62. The maximum Gasteiger partial charge on any atom is 0.573 e. The number of amides is 1. The van der Waals surface area contributed by atoms with Crippen LogP contribution in [0.1, 0.15) is 12.8 Å². The first-order valence-electron chi connectivity index (χ1n) is 5.70. The minimum atomic E-state index is -4.74. The summed E-state index contributed by atoms with van der Waals surface area (Å²) in [5, 5.41) is 2.48. The van der Waals surface area contributed by atoms with Gasteiger partial charge in [-0.15, -0.1) is 13.2 Å². The van der Waals surface area contributed by atoms with Crippen LogP contribution in [0.4, 0.5) is 13.2 Å². The molecule has 1 aromatic rings. The van der Waals surface area contributed by atoms with Crippen LogP contribution in [-0.2, 0) is 4.79 Å². The van der Waals surface area contributed by atoms with Crippen LogP contribution in [0.2, 0.25) is 0 Å². The number of benzene rings is 1. The summed E-state index contributed by atoms with van der Waals surface area (Å²) in [6.07, 6.45) is -3.90. The molecule has 0 fully saturated rings. The Morgan fingerprint density at radius 1 is 1.40 bits per heavy atom. The lowest BCUT2D eigenvalue weighted by Crippen LogP contribution is -2.18. The van der Waals surface area contributed by atoms with Crippen LogP contribution in [0.5, 0.6) is 11.5 Å². The lowest BCUT2D eigenvalue weighted by Gasteiger charge is -2.12. The molecule has 0 bridgehead atoms. The molecule has 0 heterocycles. The fourth-order valence-corrected chi connectivity index (χ4v) is 1.77. The normalized spacial score (nSPS) is 11.1. The Morgan fingerprint density at radius 3 is 2.65 bits per heavy atom. The Balaban J connectivity index is 2.49. The average Bonchev–Trinajstić information content (AvgIpc) is 2.36. The zero-order chi connectivity index (χ0) is 15.2. The number of rotatable bonds is 6. The number of alkyl halides is 3. The van der Waals surface area contributed by atoms with Crippen LogP contribution >= 0.6 is 15.9 Å². The molecule has 1 amide bonds. The minimum Gasteiger partial charge on any atom is -0.494 e. The third-order valence-corrected chi connectivity index (χ3v) is 2.84. The third-order valence-electron chi connectivity index (χ3n) is 2.22. The summed E-state index contributed by atoms with van der Waals surface area (Å²) in [5.41, 5.74) is 0. The lowest BCUT2D eigenvalue weighted by molar-refractivity contribution is -0.274. The first kappa shape index (κ1) is 16.6. The Hall–Kier alpha value is -1.44. The summed E-state index contributed by atoms with van der Waals surface area (Å²) >= 11 is 2.97. The summed E-state index contributed by atoms with van der Waals surface area (Å²) in [5.74, 6) is -0.0396. The molecule has 0 aliphatic carbocycles. The maximum absolute atomic E-state index is 12.1. The molecule has 1 N–H and O–H groups in total. The quantitative estimate of drug-likeness (QED) is 0.796. The Kier molecular flexibility index (Phi) is 6.12. The predicted molar refractivity (Wildman–Crippen MR) is 69.6 cm³/mol. The molecule has 4 nitrogen and oxygen atoms in total. The highest BCUT2D eigenvalue weighted by atomic mass is 79.9. The molecule has 112 valence electrons. The van der Waals surface area contributed by atoms with Crippen LogP contribution in [0.3, 0.4) is 0 Å². The second-order valence-electron chi connectivity index (χ2n) is 3.77. The summed E-state index contributed by atoms with van der Waals surface area (Å²) in [6, 6.07) is 3.90. The van der Waals surface area contributed by atoms with Gasteiger partial charge in [-0.25, -0.2) is 0 Å². The zero-order valence-electron chi connectivity index (χ0n) is 10.6. The number of carbonyl (C=O) groups is 1. The van der Waals surface area contributed by atoms with Crippen LogP contribution in [-0.4, -0.2) is 25.9 Å². The van der Waals surface area contributed by atoms with E-state index in [-0.39, 0.29) is 16.1 Å². The standard InChI is InChI=1S/C12H13BrF3NO3/c1-17-11(18)3-2-6-19-8-4-5-10(9(13)7-8)20-12(14,15)16/h4-5,7H,2-3,6H2,1H3,(H,17,18). The smallest absolute Gasteiger partial charge is 0.494 e. The second kappa shape index (κ2) is 7.37. The minimum absolute atomic E-state index is 0.0938. The largest absolute Gasteiger partial charge is 0.573 e. The van der Waals surface area contributed by atoms with Gasteiger partial charge in [0, 0.05) is 13.5 Å². The van der Waals surface area contributed by atoms with Gasteiger partial charge in [-0.3, -0.25) is 4.79 Å². The van der Waals surface area contributed by atoms with Crippen molar-refractivity contribution in [3.63, 3.8) is 0 Å². The topological polar surface area (TPSA) is 47.6 Å². The van der Waals surface area contributed by atoms with E-state index in [4.69, 9.17) is 4.74 Å². The van der Waals surface area contributed by atoms with E-state index >= 15 is 0 Å². The molecule has 20 heavy (non-hydrogen) atoms. The SMILES string of the molecule is CNC(=O)CCCOc1ccc(OC(F)(F)F)c(Br)c1. The molecular weight excluding hydrogens is 343 g/mol. The molecule has 0 radical (unpaired) electrons. The number of ether oxygens (including phenoxy) is 2. The molecule has 0 saturated carbocycles. The van der Waals surface area contributed by atoms with E-state index < -0.39 is 6.36 Å². The predicted octanol–water partition coefficient (Wildman–Crippen LogP) is 3.25. The van der Waals surface area contributed by atoms with E-state index in [9.17, 15) is 18.0 Å². The van der Waals surface area contributed by atoms with Crippen LogP contribution in [0, 0.1) is 0 Å². The number of hydrogen-bond donors (Lipinski definition) is 1. The van der Waals surface area contributed by atoms with Crippen LogP contribution in [0.15, 0.2) is 22.7 Å². The number of nitrogens with one attached hydrogen (secondary N) is 1. The molecular formula is C12H13BrF3NO3. The van der Waals surface area contributed by atoms with Gasteiger partial charge in [0.15, 0.2) is 0 Å². The van der Waals surface area contributed by atoms with Gasteiger partial charge in [0.25, 0.3) is 0 Å². The first-order valence-corrected chi connectivity index (χ1v) is 6.50. The zero-order valence-corrected chi connectivity index (χ0v) is 12.2. The fraction of sp³-hybridized carbons (Fsp3) is 0.417. The highest BCUT2D eigenvalue weighted by Gasteiger charge is 2.31. The summed E-state index contributed by atoms with van der Waals surface area (Å²) in [7, 11) is 1.54. The molecule has 0 atom stereocenters. The monoisotopic (exact) mass is 355 g/mol. The lowest BCUT2D eigenvalue weighted by atomic mass is 10.3. The van der Waals surface area contributed by atoms with Crippen LogP contribution < -0.4 is 14.8 Å². The summed E-state index contributed by atoms with van der Waals surface area (Å²) < 4.78 is 45.5. The number of hydrogen-bond acceptors (Lipinski definition) is 3. The van der Waals surface area contributed by atoms with Gasteiger partial charge >= 0.3 is 6.36 Å². The van der Waals surface area contributed by atoms with E-state index in [1.807, 2.05) is 0 Å². The summed E-state index contributed by atoms with van der Waals surface area (Å²) in [4.78, 5) is 11.0. The van der Waals surface area contributed by atoms with Gasteiger partial charge in [0.1, 0.15) is 11.5 Å². The van der Waals surface area contributed by atoms with E-state index in [0.29, 0.717) is 25.2 Å². The molecule has 0 aliphatic rings. The average molecular weight is 356 g/mol. The highest BCUT2D eigenvalue weighted by Crippen LogP contribution is 2.33. The van der Waals surface area contributed by atoms with Crippen LogP contribution in [0.25, 0.3) is 0 Å². The molecule has 0 unspecified atom stereocenters. The molecule has 0 aliphatic heterocycles. The molecule has 1 rings (SSSR count). The third kappa shape index (κ3) is 6.14. The van der Waals surface area contributed by atoms with Gasteiger partial charge in [-0.2, -0.15) is 0 Å². The number of halogens is 4. The van der Waals surface area contributed by atoms with Gasteiger partial charge in [0.2, 0.25) is 5.91 Å². The molecule has 8 heteroatoms. The fourth-order valence-electron chi connectivity index (χ4n) is 1.33. The van der Waals surface area contributed by atoms with E-state index in [2.05, 4.69) is 26.0 Å². The van der Waals surface area contributed by atoms with Crippen molar-refractivity contribution in [1.29, 1.82) is 0 Å². The highest BCUT2D eigenvalue weighted by molar-refractivity contribution is 9.10. The Bertz CT molecular complexity index is 466. The molecule has 0 spiro atoms. The maximum atomic E-state index is 12.1. The van der Waals surface area contributed by atoms with Crippen molar-refractivity contribution < 1.29 is 27.4 Å².